The van der Waals surface area contributed by atoms with Crippen LogP contribution in [0.1, 0.15) is 40.0 Å². The van der Waals surface area contributed by atoms with E-state index in [2.05, 4.69) is 15.2 Å². The van der Waals surface area contributed by atoms with Gasteiger partial charge in [0.15, 0.2) is 0 Å². The summed E-state index contributed by atoms with van der Waals surface area (Å²) in [5, 5.41) is 6.03. The van der Waals surface area contributed by atoms with Gasteiger partial charge in [-0.1, -0.05) is 6.07 Å². The highest BCUT2D eigenvalue weighted by molar-refractivity contribution is 7.22. The van der Waals surface area contributed by atoms with Gasteiger partial charge < -0.3 is 9.73 Å². The Morgan fingerprint density at radius 2 is 2.19 bits per heavy atom. The summed E-state index contributed by atoms with van der Waals surface area (Å²) >= 11 is 3.10. The van der Waals surface area contributed by atoms with Gasteiger partial charge in [0.1, 0.15) is 15.6 Å². The fourth-order valence-corrected chi connectivity index (χ4v) is 5.11. The number of likely N-dealkylation sites (tertiary alicyclic amines) is 1. The Labute approximate surface area is 160 Å². The molecule has 1 aliphatic rings. The molecule has 136 valence electrons. The van der Waals surface area contributed by atoms with Crippen molar-refractivity contribution in [2.75, 3.05) is 19.6 Å². The molecule has 3 aromatic rings. The van der Waals surface area contributed by atoms with Crippen molar-refractivity contribution in [3.05, 3.63) is 52.2 Å². The van der Waals surface area contributed by atoms with Crippen LogP contribution in [0.5, 0.6) is 0 Å². The number of carbonyl (C=O) groups excluding carboxylic acids is 1. The third-order valence-corrected chi connectivity index (χ3v) is 6.84. The number of aromatic nitrogens is 1. The molecule has 3 aromatic heterocycles. The molecule has 1 aliphatic heterocycles. The monoisotopic (exact) mass is 387 g/mol. The van der Waals surface area contributed by atoms with Crippen molar-refractivity contribution in [3.63, 3.8) is 0 Å². The zero-order chi connectivity index (χ0) is 17.9. The molecule has 1 saturated heterocycles. The van der Waals surface area contributed by atoms with E-state index in [1.165, 1.54) is 24.2 Å². The number of hydrogen-bond donors (Lipinski definition) is 1. The van der Waals surface area contributed by atoms with Gasteiger partial charge in [-0.2, -0.15) is 0 Å². The van der Waals surface area contributed by atoms with Crippen molar-refractivity contribution < 1.29 is 9.21 Å². The SMILES string of the molecule is Cc1nc(-c2cccs2)sc1C(=O)NCC(c1ccco1)N1CCCC1. The van der Waals surface area contributed by atoms with Gasteiger partial charge in [-0.25, -0.2) is 4.98 Å². The summed E-state index contributed by atoms with van der Waals surface area (Å²) in [4.78, 5) is 21.5. The number of nitrogens with one attached hydrogen (secondary N) is 1. The lowest BCUT2D eigenvalue weighted by atomic mass is 10.2. The van der Waals surface area contributed by atoms with E-state index >= 15 is 0 Å². The molecule has 1 atom stereocenters. The minimum Gasteiger partial charge on any atom is -0.468 e. The Balaban J connectivity index is 1.47. The summed E-state index contributed by atoms with van der Waals surface area (Å²) in [5.41, 5.74) is 0.784. The molecule has 1 unspecified atom stereocenters. The van der Waals surface area contributed by atoms with Crippen LogP contribution in [0.3, 0.4) is 0 Å². The van der Waals surface area contributed by atoms with Gasteiger partial charge in [0.25, 0.3) is 5.91 Å². The van der Waals surface area contributed by atoms with Crippen molar-refractivity contribution in [2.45, 2.75) is 25.8 Å². The second-order valence-electron chi connectivity index (χ2n) is 6.40. The average Bonchev–Trinajstić information content (AvgIpc) is 3.42. The third-order valence-electron chi connectivity index (χ3n) is 4.64. The summed E-state index contributed by atoms with van der Waals surface area (Å²) in [7, 11) is 0. The molecule has 1 amide bonds. The zero-order valence-corrected chi connectivity index (χ0v) is 16.2. The van der Waals surface area contributed by atoms with Gasteiger partial charge >= 0.3 is 0 Å². The number of thiophene rings is 1. The highest BCUT2D eigenvalue weighted by Gasteiger charge is 2.26. The number of furan rings is 1. The highest BCUT2D eigenvalue weighted by atomic mass is 32.1. The first-order chi connectivity index (χ1) is 12.7. The third kappa shape index (κ3) is 3.60. The van der Waals surface area contributed by atoms with Gasteiger partial charge in [-0.3, -0.25) is 9.69 Å². The number of carbonyl (C=O) groups is 1. The quantitative estimate of drug-likeness (QED) is 0.683. The summed E-state index contributed by atoms with van der Waals surface area (Å²) in [5.74, 6) is 0.853. The molecule has 1 N–H and O–H groups in total. The van der Waals surface area contributed by atoms with Crippen LogP contribution in [0.2, 0.25) is 0 Å². The van der Waals surface area contributed by atoms with Crippen LogP contribution in [0.25, 0.3) is 9.88 Å². The number of aryl methyl sites for hydroxylation is 1. The fraction of sp³-hybridized carbons (Fsp3) is 0.368. The predicted octanol–water partition coefficient (Wildman–Crippen LogP) is 4.34. The van der Waals surface area contributed by atoms with Gasteiger partial charge in [0.05, 0.1) is 22.9 Å². The van der Waals surface area contributed by atoms with E-state index in [9.17, 15) is 4.79 Å². The Kier molecular flexibility index (Phi) is 5.19. The van der Waals surface area contributed by atoms with Crippen molar-refractivity contribution >= 4 is 28.6 Å². The molecule has 5 nitrogen and oxygen atoms in total. The molecular formula is C19H21N3O2S2. The standard InChI is InChI=1S/C19H21N3O2S2/c1-13-17(26-19(21-13)16-7-5-11-25-16)18(23)20-12-14(15-6-4-10-24-15)22-8-2-3-9-22/h4-7,10-11,14H,2-3,8-9,12H2,1H3,(H,20,23). The molecule has 4 heterocycles. The first-order valence-electron chi connectivity index (χ1n) is 8.79. The van der Waals surface area contributed by atoms with E-state index < -0.39 is 0 Å². The number of amides is 1. The number of hydrogen-bond acceptors (Lipinski definition) is 6. The van der Waals surface area contributed by atoms with Crippen LogP contribution in [0, 0.1) is 6.92 Å². The lowest BCUT2D eigenvalue weighted by Gasteiger charge is -2.25. The Hall–Kier alpha value is -1.96. The molecule has 0 saturated carbocycles. The van der Waals surface area contributed by atoms with Gasteiger partial charge in [0, 0.05) is 6.54 Å². The summed E-state index contributed by atoms with van der Waals surface area (Å²) < 4.78 is 5.62. The Bertz CT molecular complexity index is 850. The highest BCUT2D eigenvalue weighted by Crippen LogP contribution is 2.31. The van der Waals surface area contributed by atoms with E-state index in [0.717, 1.165) is 34.4 Å². The largest absolute Gasteiger partial charge is 0.468 e. The topological polar surface area (TPSA) is 58.4 Å². The maximum Gasteiger partial charge on any atom is 0.263 e. The maximum absolute atomic E-state index is 12.8. The van der Waals surface area contributed by atoms with E-state index in [-0.39, 0.29) is 11.9 Å². The second-order valence-corrected chi connectivity index (χ2v) is 8.34. The second kappa shape index (κ2) is 7.73. The van der Waals surface area contributed by atoms with E-state index in [4.69, 9.17) is 4.42 Å². The summed E-state index contributed by atoms with van der Waals surface area (Å²) in [6, 6.07) is 8.01. The normalized spacial score (nSPS) is 16.0. The molecule has 4 rings (SSSR count). The van der Waals surface area contributed by atoms with Crippen molar-refractivity contribution in [1.29, 1.82) is 0 Å². The minimum atomic E-state index is -0.0569. The Morgan fingerprint density at radius 3 is 2.88 bits per heavy atom. The first-order valence-corrected chi connectivity index (χ1v) is 10.5. The average molecular weight is 388 g/mol. The number of thiazole rings is 1. The molecule has 7 heteroatoms. The Morgan fingerprint density at radius 1 is 1.35 bits per heavy atom. The predicted molar refractivity (Wildman–Crippen MR) is 105 cm³/mol. The van der Waals surface area contributed by atoms with E-state index in [0.29, 0.717) is 11.4 Å². The lowest BCUT2D eigenvalue weighted by Crippen LogP contribution is -2.36. The van der Waals surface area contributed by atoms with Gasteiger partial charge in [-0.15, -0.1) is 22.7 Å². The van der Waals surface area contributed by atoms with E-state index in [1.807, 2.05) is 36.6 Å². The van der Waals surface area contributed by atoms with Gasteiger partial charge in [-0.05, 0) is 56.4 Å². The summed E-state index contributed by atoms with van der Waals surface area (Å²) in [6.07, 6.45) is 4.09. The number of nitrogens with zero attached hydrogens (tertiary/aromatic N) is 2. The molecule has 0 radical (unpaired) electrons. The summed E-state index contributed by atoms with van der Waals surface area (Å²) in [6.45, 7) is 4.53. The molecular weight excluding hydrogens is 366 g/mol. The van der Waals surface area contributed by atoms with Crippen LogP contribution in [-0.2, 0) is 0 Å². The van der Waals surface area contributed by atoms with Crippen molar-refractivity contribution in [2.24, 2.45) is 0 Å². The molecule has 0 aliphatic carbocycles. The fourth-order valence-electron chi connectivity index (χ4n) is 3.33. The van der Waals surface area contributed by atoms with Crippen LogP contribution in [-0.4, -0.2) is 35.4 Å². The molecule has 1 fully saturated rings. The molecule has 26 heavy (non-hydrogen) atoms. The van der Waals surface area contributed by atoms with Crippen molar-refractivity contribution in [1.82, 2.24) is 15.2 Å². The van der Waals surface area contributed by atoms with Gasteiger partial charge in [0.2, 0.25) is 0 Å². The van der Waals surface area contributed by atoms with Crippen molar-refractivity contribution in [3.8, 4) is 9.88 Å². The lowest BCUT2D eigenvalue weighted by molar-refractivity contribution is 0.0937. The zero-order valence-electron chi connectivity index (χ0n) is 14.6. The molecule has 0 spiro atoms. The molecule has 0 aromatic carbocycles. The number of rotatable bonds is 6. The van der Waals surface area contributed by atoms with Crippen LogP contribution < -0.4 is 5.32 Å². The van der Waals surface area contributed by atoms with E-state index in [1.54, 1.807) is 17.6 Å². The van der Waals surface area contributed by atoms with Crippen LogP contribution in [0.4, 0.5) is 0 Å². The van der Waals surface area contributed by atoms with Crippen LogP contribution in [0.15, 0.2) is 40.3 Å². The van der Waals surface area contributed by atoms with Crippen LogP contribution >= 0.6 is 22.7 Å². The smallest absolute Gasteiger partial charge is 0.263 e. The molecule has 0 bridgehead atoms. The maximum atomic E-state index is 12.8. The minimum absolute atomic E-state index is 0.0569. The first kappa shape index (κ1) is 17.5.